The Morgan fingerprint density at radius 2 is 1.81 bits per heavy atom. The Hall–Kier alpha value is -1.40. The van der Waals surface area contributed by atoms with Gasteiger partial charge in [0, 0.05) is 57.4 Å². The first-order chi connectivity index (χ1) is 15.0. The number of guanidine groups is 1. The highest BCUT2D eigenvalue weighted by Crippen LogP contribution is 2.27. The van der Waals surface area contributed by atoms with Gasteiger partial charge in [0.2, 0.25) is 0 Å². The third-order valence-corrected chi connectivity index (χ3v) is 5.11. The summed E-state index contributed by atoms with van der Waals surface area (Å²) in [4.78, 5) is 9.44. The van der Waals surface area contributed by atoms with Gasteiger partial charge < -0.3 is 25.0 Å². The lowest BCUT2D eigenvalue weighted by Crippen LogP contribution is -2.49. The lowest BCUT2D eigenvalue weighted by atomic mass is 10.2. The van der Waals surface area contributed by atoms with Crippen molar-refractivity contribution in [2.24, 2.45) is 4.99 Å². The molecule has 10 heteroatoms. The van der Waals surface area contributed by atoms with Crippen molar-refractivity contribution in [3.05, 3.63) is 23.8 Å². The predicted molar refractivity (Wildman–Crippen MR) is 136 cm³/mol. The van der Waals surface area contributed by atoms with E-state index >= 15 is 0 Å². The minimum Gasteiger partial charge on any atom is -0.493 e. The van der Waals surface area contributed by atoms with Gasteiger partial charge in [-0.2, -0.15) is 8.78 Å². The molecule has 1 aliphatic rings. The van der Waals surface area contributed by atoms with Crippen LogP contribution >= 0.6 is 24.0 Å². The molecule has 2 N–H and O–H groups in total. The van der Waals surface area contributed by atoms with E-state index < -0.39 is 6.61 Å². The molecule has 1 saturated heterocycles. The number of piperazine rings is 1. The van der Waals surface area contributed by atoms with Crippen LogP contribution in [0, 0.1) is 0 Å². The van der Waals surface area contributed by atoms with Gasteiger partial charge in [0.05, 0.1) is 13.2 Å². The van der Waals surface area contributed by atoms with Gasteiger partial charge in [0.25, 0.3) is 0 Å². The normalized spacial score (nSPS) is 15.4. The molecule has 2 rings (SSSR count). The largest absolute Gasteiger partial charge is 0.493 e. The van der Waals surface area contributed by atoms with Crippen LogP contribution in [-0.2, 0) is 6.54 Å². The van der Waals surface area contributed by atoms with Crippen molar-refractivity contribution < 1.29 is 18.3 Å². The number of hydrogen-bond donors (Lipinski definition) is 2. The quantitative estimate of drug-likeness (QED) is 0.229. The van der Waals surface area contributed by atoms with Crippen molar-refractivity contribution in [3.8, 4) is 11.5 Å². The highest BCUT2D eigenvalue weighted by atomic mass is 127. The van der Waals surface area contributed by atoms with Gasteiger partial charge in [-0.3, -0.25) is 4.90 Å². The zero-order chi connectivity index (χ0) is 22.5. The SMILES string of the molecule is CCCOc1ccc(CN=C(NCC)NCCN2CCN(CC)CC2)c(OC(F)F)c1.I. The first-order valence-corrected chi connectivity index (χ1v) is 11.2. The van der Waals surface area contributed by atoms with E-state index in [1.165, 1.54) is 6.07 Å². The molecule has 0 aromatic heterocycles. The van der Waals surface area contributed by atoms with Gasteiger partial charge in [0.15, 0.2) is 5.96 Å². The number of nitrogens with one attached hydrogen (secondary N) is 2. The van der Waals surface area contributed by atoms with Crippen LogP contribution in [0.25, 0.3) is 0 Å². The van der Waals surface area contributed by atoms with Gasteiger partial charge in [0.1, 0.15) is 11.5 Å². The summed E-state index contributed by atoms with van der Waals surface area (Å²) >= 11 is 0. The highest BCUT2D eigenvalue weighted by molar-refractivity contribution is 14.0. The van der Waals surface area contributed by atoms with Crippen LogP contribution in [-0.4, -0.2) is 81.3 Å². The van der Waals surface area contributed by atoms with Gasteiger partial charge in [-0.25, -0.2) is 4.99 Å². The molecule has 1 aliphatic heterocycles. The van der Waals surface area contributed by atoms with Crippen molar-refractivity contribution in [1.82, 2.24) is 20.4 Å². The average Bonchev–Trinajstić information content (AvgIpc) is 2.77. The first kappa shape index (κ1) is 28.6. The molecule has 0 spiro atoms. The molecule has 1 heterocycles. The fourth-order valence-electron chi connectivity index (χ4n) is 3.35. The maximum absolute atomic E-state index is 12.9. The van der Waals surface area contributed by atoms with Crippen molar-refractivity contribution in [3.63, 3.8) is 0 Å². The molecular formula is C22H38F2IN5O2. The predicted octanol–water partition coefficient (Wildman–Crippen LogP) is 3.39. The minimum absolute atomic E-state index is 0. The number of hydrogen-bond acceptors (Lipinski definition) is 5. The second-order valence-electron chi connectivity index (χ2n) is 7.39. The van der Waals surface area contributed by atoms with E-state index in [1.54, 1.807) is 12.1 Å². The number of aliphatic imine (C=N–C) groups is 1. The third kappa shape index (κ3) is 10.5. The van der Waals surface area contributed by atoms with E-state index in [9.17, 15) is 8.78 Å². The molecule has 7 nitrogen and oxygen atoms in total. The first-order valence-electron chi connectivity index (χ1n) is 11.2. The van der Waals surface area contributed by atoms with Gasteiger partial charge >= 0.3 is 6.61 Å². The molecule has 1 fully saturated rings. The average molecular weight is 569 g/mol. The summed E-state index contributed by atoms with van der Waals surface area (Å²) in [6, 6.07) is 4.99. The number of likely N-dealkylation sites (N-methyl/N-ethyl adjacent to an activating group) is 1. The monoisotopic (exact) mass is 569 g/mol. The Balaban J connectivity index is 0.00000512. The number of benzene rings is 1. The summed E-state index contributed by atoms with van der Waals surface area (Å²) in [5.74, 6) is 1.26. The van der Waals surface area contributed by atoms with Crippen LogP contribution in [0.2, 0.25) is 0 Å². The van der Waals surface area contributed by atoms with Crippen molar-refractivity contribution in [2.45, 2.75) is 40.3 Å². The minimum atomic E-state index is -2.90. The molecule has 0 radical (unpaired) electrons. The van der Waals surface area contributed by atoms with Crippen molar-refractivity contribution in [1.29, 1.82) is 0 Å². The maximum atomic E-state index is 12.9. The van der Waals surface area contributed by atoms with Crippen LogP contribution < -0.4 is 20.1 Å². The Labute approximate surface area is 207 Å². The number of ether oxygens (including phenoxy) is 2. The van der Waals surface area contributed by atoms with E-state index in [1.807, 2.05) is 13.8 Å². The van der Waals surface area contributed by atoms with E-state index in [2.05, 4.69) is 32.3 Å². The molecule has 0 aliphatic carbocycles. The smallest absolute Gasteiger partial charge is 0.387 e. The Morgan fingerprint density at radius 3 is 2.44 bits per heavy atom. The molecule has 1 aromatic carbocycles. The summed E-state index contributed by atoms with van der Waals surface area (Å²) in [5, 5.41) is 6.54. The molecule has 1 aromatic rings. The summed E-state index contributed by atoms with van der Waals surface area (Å²) in [6.07, 6.45) is 0.836. The third-order valence-electron chi connectivity index (χ3n) is 5.11. The fourth-order valence-corrected chi connectivity index (χ4v) is 3.35. The van der Waals surface area contributed by atoms with Crippen LogP contribution in [0.1, 0.15) is 32.8 Å². The lowest BCUT2D eigenvalue weighted by Gasteiger charge is -2.34. The number of nitrogens with zero attached hydrogens (tertiary/aromatic N) is 3. The summed E-state index contributed by atoms with van der Waals surface area (Å²) in [5.41, 5.74) is 0.581. The Bertz CT molecular complexity index is 674. The fraction of sp³-hybridized carbons (Fsp3) is 0.682. The molecule has 0 bridgehead atoms. The molecule has 0 amide bonds. The van der Waals surface area contributed by atoms with Crippen LogP contribution in [0.4, 0.5) is 8.78 Å². The topological polar surface area (TPSA) is 61.4 Å². The van der Waals surface area contributed by atoms with E-state index in [0.717, 1.165) is 52.2 Å². The zero-order valence-corrected chi connectivity index (χ0v) is 21.7. The second-order valence-corrected chi connectivity index (χ2v) is 7.39. The molecule has 0 saturated carbocycles. The molecule has 0 unspecified atom stereocenters. The highest BCUT2D eigenvalue weighted by Gasteiger charge is 2.15. The maximum Gasteiger partial charge on any atom is 0.387 e. The Morgan fingerprint density at radius 1 is 1.09 bits per heavy atom. The van der Waals surface area contributed by atoms with Gasteiger partial charge in [-0.1, -0.05) is 13.8 Å². The molecular weight excluding hydrogens is 531 g/mol. The molecule has 0 atom stereocenters. The standard InChI is InChI=1S/C22H37F2N5O2.HI/c1-4-15-30-19-8-7-18(20(16-19)31-21(23)24)17-27-22(25-5-2)26-9-10-29-13-11-28(6-3)12-14-29;/h7-8,16,21H,4-6,9-15,17H2,1-3H3,(H2,25,26,27);1H. The Kier molecular flexibility index (Phi) is 14.5. The summed E-state index contributed by atoms with van der Waals surface area (Å²) in [6.45, 7) is 11.9. The molecule has 184 valence electrons. The van der Waals surface area contributed by atoms with Crippen LogP contribution in [0.3, 0.4) is 0 Å². The van der Waals surface area contributed by atoms with Crippen LogP contribution in [0.15, 0.2) is 23.2 Å². The molecule has 32 heavy (non-hydrogen) atoms. The van der Waals surface area contributed by atoms with E-state index in [-0.39, 0.29) is 36.3 Å². The van der Waals surface area contributed by atoms with Crippen LogP contribution in [0.5, 0.6) is 11.5 Å². The van der Waals surface area contributed by atoms with E-state index in [4.69, 9.17) is 9.47 Å². The summed E-state index contributed by atoms with van der Waals surface area (Å²) < 4.78 is 36.0. The zero-order valence-electron chi connectivity index (χ0n) is 19.4. The number of alkyl halides is 2. The summed E-state index contributed by atoms with van der Waals surface area (Å²) in [7, 11) is 0. The van der Waals surface area contributed by atoms with Crippen molar-refractivity contribution >= 4 is 29.9 Å². The lowest BCUT2D eigenvalue weighted by molar-refractivity contribution is -0.0505. The second kappa shape index (κ2) is 16.2. The van der Waals surface area contributed by atoms with Gasteiger partial charge in [-0.15, -0.1) is 24.0 Å². The van der Waals surface area contributed by atoms with Crippen molar-refractivity contribution in [2.75, 3.05) is 59.0 Å². The number of rotatable bonds is 12. The van der Waals surface area contributed by atoms with Gasteiger partial charge in [-0.05, 0) is 32.0 Å². The van der Waals surface area contributed by atoms with E-state index in [0.29, 0.717) is 30.4 Å². The number of halogens is 3.